The van der Waals surface area contributed by atoms with E-state index in [1.165, 1.54) is 161 Å². The highest BCUT2D eigenvalue weighted by atomic mass is 16.5. The maximum atomic E-state index is 12.5. The maximum absolute atomic E-state index is 12.5. The van der Waals surface area contributed by atoms with E-state index in [0.717, 1.165) is 45.4 Å². The Morgan fingerprint density at radius 2 is 0.870 bits per heavy atom. The van der Waals surface area contributed by atoms with Crippen molar-refractivity contribution in [3.63, 3.8) is 0 Å². The summed E-state index contributed by atoms with van der Waals surface area (Å²) in [6.07, 6.45) is 33.5. The number of unbranched alkanes of at least 4 members (excludes halogenated alkanes) is 18. The van der Waals surface area contributed by atoms with E-state index in [4.69, 9.17) is 4.74 Å². The lowest BCUT2D eigenvalue weighted by molar-refractivity contribution is -0.145. The third kappa shape index (κ3) is 31.9. The zero-order chi connectivity index (χ0) is 33.8. The fourth-order valence-corrected chi connectivity index (χ4v) is 6.55. The van der Waals surface area contributed by atoms with Crippen molar-refractivity contribution in [1.29, 1.82) is 0 Å². The first-order valence-corrected chi connectivity index (χ1v) is 20.8. The van der Waals surface area contributed by atoms with Gasteiger partial charge in [-0.2, -0.15) is 0 Å². The van der Waals surface area contributed by atoms with Gasteiger partial charge in [-0.05, 0) is 70.5 Å². The Morgan fingerprint density at radius 3 is 1.37 bits per heavy atom. The van der Waals surface area contributed by atoms with Crippen molar-refractivity contribution in [3.05, 3.63) is 0 Å². The van der Waals surface area contributed by atoms with Gasteiger partial charge in [0.25, 0.3) is 0 Å². The summed E-state index contributed by atoms with van der Waals surface area (Å²) in [6.45, 7) is 16.9. The summed E-state index contributed by atoms with van der Waals surface area (Å²) in [4.78, 5) is 17.8. The van der Waals surface area contributed by atoms with Crippen LogP contribution in [0.1, 0.15) is 201 Å². The summed E-state index contributed by atoms with van der Waals surface area (Å²) >= 11 is 0. The molecule has 0 aromatic carbocycles. The topological polar surface area (TPSA) is 53.0 Å². The second-order valence-corrected chi connectivity index (χ2v) is 14.4. The zero-order valence-electron chi connectivity index (χ0n) is 32.0. The van der Waals surface area contributed by atoms with Gasteiger partial charge in [0, 0.05) is 32.7 Å². The molecule has 0 amide bonds. The highest BCUT2D eigenvalue weighted by Crippen LogP contribution is 2.20. The van der Waals surface area contributed by atoms with E-state index >= 15 is 0 Å². The van der Waals surface area contributed by atoms with Crippen molar-refractivity contribution in [2.24, 2.45) is 5.92 Å². The molecule has 0 aliphatic heterocycles. The first-order valence-electron chi connectivity index (χ1n) is 20.8. The van der Waals surface area contributed by atoms with Crippen molar-refractivity contribution >= 4 is 5.97 Å². The summed E-state index contributed by atoms with van der Waals surface area (Å²) < 4.78 is 5.82. The minimum atomic E-state index is 0.0282. The van der Waals surface area contributed by atoms with Gasteiger partial charge < -0.3 is 19.6 Å². The normalized spacial score (nSPS) is 12.4. The lowest BCUT2D eigenvalue weighted by Gasteiger charge is -2.28. The van der Waals surface area contributed by atoms with Crippen LogP contribution in [0.4, 0.5) is 0 Å². The molecule has 1 unspecified atom stereocenters. The average molecular weight is 653 g/mol. The van der Waals surface area contributed by atoms with Gasteiger partial charge in [0.1, 0.15) is 0 Å². The van der Waals surface area contributed by atoms with Crippen LogP contribution in [-0.4, -0.2) is 73.4 Å². The number of esters is 1. The van der Waals surface area contributed by atoms with Gasteiger partial charge >= 0.3 is 5.97 Å². The number of aliphatic hydroxyl groups excluding tert-OH is 1. The quantitative estimate of drug-likeness (QED) is 0.0531. The SMILES string of the molecule is CCCCCCCCC(CCCCCC)COC(=O)CCCCCCCN(CCCCCCCC)CCN(CCCC)CCCO. The van der Waals surface area contributed by atoms with Crippen LogP contribution >= 0.6 is 0 Å². The molecule has 0 bridgehead atoms. The van der Waals surface area contributed by atoms with Gasteiger partial charge in [0.05, 0.1) is 6.61 Å². The Hall–Kier alpha value is -0.650. The number of nitrogens with zero attached hydrogens (tertiary/aromatic N) is 2. The van der Waals surface area contributed by atoms with Crippen LogP contribution in [0.5, 0.6) is 0 Å². The van der Waals surface area contributed by atoms with Crippen LogP contribution in [0.3, 0.4) is 0 Å². The summed E-state index contributed by atoms with van der Waals surface area (Å²) in [5, 5.41) is 9.34. The number of carbonyl (C=O) groups is 1. The lowest BCUT2D eigenvalue weighted by Crippen LogP contribution is -2.37. The summed E-state index contributed by atoms with van der Waals surface area (Å²) in [5.74, 6) is 0.583. The zero-order valence-corrected chi connectivity index (χ0v) is 32.0. The molecule has 0 spiro atoms. The molecule has 5 heteroatoms. The van der Waals surface area contributed by atoms with Crippen molar-refractivity contribution in [1.82, 2.24) is 9.80 Å². The molecular formula is C41H84N2O3. The molecule has 0 fully saturated rings. The molecule has 0 saturated carbocycles. The van der Waals surface area contributed by atoms with Gasteiger partial charge in [-0.15, -0.1) is 0 Å². The van der Waals surface area contributed by atoms with E-state index in [9.17, 15) is 9.90 Å². The number of hydrogen-bond acceptors (Lipinski definition) is 5. The molecule has 46 heavy (non-hydrogen) atoms. The largest absolute Gasteiger partial charge is 0.465 e. The van der Waals surface area contributed by atoms with Crippen LogP contribution < -0.4 is 0 Å². The first-order chi connectivity index (χ1) is 22.6. The standard InChI is InChI=1S/C41H84N2O3/c1-5-9-13-16-19-24-30-40(29-23-15-11-7-3)39-46-41(45)31-25-20-18-22-27-34-43(33-26-21-17-14-10-6-2)37-36-42(32-12-8-4)35-28-38-44/h40,44H,5-39H2,1-4H3. The van der Waals surface area contributed by atoms with E-state index in [0.29, 0.717) is 25.6 Å². The molecular weight excluding hydrogens is 568 g/mol. The Morgan fingerprint density at radius 1 is 0.478 bits per heavy atom. The minimum Gasteiger partial charge on any atom is -0.465 e. The molecule has 1 atom stereocenters. The van der Waals surface area contributed by atoms with E-state index in [2.05, 4.69) is 37.5 Å². The highest BCUT2D eigenvalue weighted by Gasteiger charge is 2.13. The molecule has 0 radical (unpaired) electrons. The lowest BCUT2D eigenvalue weighted by atomic mass is 9.95. The monoisotopic (exact) mass is 653 g/mol. The van der Waals surface area contributed by atoms with E-state index in [-0.39, 0.29) is 5.97 Å². The van der Waals surface area contributed by atoms with Gasteiger partial charge in [-0.1, -0.05) is 150 Å². The molecule has 0 heterocycles. The fourth-order valence-electron chi connectivity index (χ4n) is 6.55. The molecule has 0 aromatic heterocycles. The second-order valence-electron chi connectivity index (χ2n) is 14.4. The third-order valence-electron chi connectivity index (χ3n) is 9.79. The molecule has 1 N–H and O–H groups in total. The van der Waals surface area contributed by atoms with Gasteiger partial charge in [0.15, 0.2) is 0 Å². The van der Waals surface area contributed by atoms with Crippen LogP contribution in [0.2, 0.25) is 0 Å². The molecule has 0 aliphatic rings. The van der Waals surface area contributed by atoms with Crippen molar-refractivity contribution in [2.45, 2.75) is 201 Å². The summed E-state index contributed by atoms with van der Waals surface area (Å²) in [5.41, 5.74) is 0. The first kappa shape index (κ1) is 45.3. The molecule has 5 nitrogen and oxygen atoms in total. The van der Waals surface area contributed by atoms with Crippen molar-refractivity contribution in [2.75, 3.05) is 52.5 Å². The fraction of sp³-hybridized carbons (Fsp3) is 0.976. The molecule has 0 rings (SSSR count). The van der Waals surface area contributed by atoms with Gasteiger partial charge in [0.2, 0.25) is 0 Å². The van der Waals surface area contributed by atoms with Crippen LogP contribution in [0.15, 0.2) is 0 Å². The number of carbonyl (C=O) groups excluding carboxylic acids is 1. The third-order valence-corrected chi connectivity index (χ3v) is 9.79. The Kier molecular flexibility index (Phi) is 36.6. The van der Waals surface area contributed by atoms with E-state index in [1.807, 2.05) is 0 Å². The molecule has 0 aromatic rings. The molecule has 276 valence electrons. The number of ether oxygens (including phenoxy) is 1. The average Bonchev–Trinajstić information content (AvgIpc) is 3.06. The number of rotatable bonds is 38. The van der Waals surface area contributed by atoms with Gasteiger partial charge in [-0.25, -0.2) is 0 Å². The predicted octanol–water partition coefficient (Wildman–Crippen LogP) is 11.4. The minimum absolute atomic E-state index is 0.0282. The van der Waals surface area contributed by atoms with Crippen LogP contribution in [-0.2, 0) is 9.53 Å². The van der Waals surface area contributed by atoms with Crippen molar-refractivity contribution < 1.29 is 14.6 Å². The Balaban J connectivity index is 4.36. The Bertz CT molecular complexity index is 594. The van der Waals surface area contributed by atoms with E-state index in [1.54, 1.807) is 0 Å². The summed E-state index contributed by atoms with van der Waals surface area (Å²) in [7, 11) is 0. The smallest absolute Gasteiger partial charge is 0.305 e. The van der Waals surface area contributed by atoms with E-state index < -0.39 is 0 Å². The van der Waals surface area contributed by atoms with Crippen LogP contribution in [0.25, 0.3) is 0 Å². The van der Waals surface area contributed by atoms with Gasteiger partial charge in [-0.3, -0.25) is 4.79 Å². The Labute approximate surface area is 289 Å². The maximum Gasteiger partial charge on any atom is 0.305 e. The predicted molar refractivity (Wildman–Crippen MR) is 202 cm³/mol. The van der Waals surface area contributed by atoms with Crippen molar-refractivity contribution in [3.8, 4) is 0 Å². The molecule has 0 aliphatic carbocycles. The number of aliphatic hydroxyl groups is 1. The summed E-state index contributed by atoms with van der Waals surface area (Å²) in [6, 6.07) is 0. The highest BCUT2D eigenvalue weighted by molar-refractivity contribution is 5.69. The van der Waals surface area contributed by atoms with Crippen LogP contribution in [0, 0.1) is 5.92 Å². The second kappa shape index (κ2) is 37.2. The molecule has 0 saturated heterocycles. The number of hydrogen-bond donors (Lipinski definition) is 1.